The van der Waals surface area contributed by atoms with E-state index in [4.69, 9.17) is 9.84 Å². The van der Waals surface area contributed by atoms with Gasteiger partial charge in [0.25, 0.3) is 0 Å². The van der Waals surface area contributed by atoms with Gasteiger partial charge in [-0.15, -0.1) is 11.3 Å². The zero-order valence-electron chi connectivity index (χ0n) is 10.0. The van der Waals surface area contributed by atoms with Crippen LogP contribution in [0.1, 0.15) is 27.9 Å². The number of carboxylic acids is 1. The highest BCUT2D eigenvalue weighted by Gasteiger charge is 2.43. The molecule has 1 amide bonds. The number of ether oxygens (including phenoxy) is 1. The molecule has 0 aliphatic heterocycles. The summed E-state index contributed by atoms with van der Waals surface area (Å²) < 4.78 is 5.34. The highest BCUT2D eigenvalue weighted by atomic mass is 32.1. The minimum Gasteiger partial charge on any atom is -0.477 e. The summed E-state index contributed by atoms with van der Waals surface area (Å²) in [6.45, 7) is 2.92. The average molecular weight is 269 g/mol. The van der Waals surface area contributed by atoms with Crippen molar-refractivity contribution in [2.75, 3.05) is 6.61 Å². The first kappa shape index (κ1) is 13.0. The lowest BCUT2D eigenvalue weighted by molar-refractivity contribution is -0.123. The molecule has 18 heavy (non-hydrogen) atoms. The van der Waals surface area contributed by atoms with Crippen molar-refractivity contribution in [1.29, 1.82) is 0 Å². The number of hydrogen-bond donors (Lipinski definition) is 2. The molecule has 1 aliphatic rings. The number of carbonyl (C=O) groups is 2. The van der Waals surface area contributed by atoms with Gasteiger partial charge in [0, 0.05) is 11.5 Å². The van der Waals surface area contributed by atoms with Gasteiger partial charge in [0.2, 0.25) is 5.91 Å². The zero-order chi connectivity index (χ0) is 13.1. The van der Waals surface area contributed by atoms with Crippen molar-refractivity contribution in [3.05, 3.63) is 21.9 Å². The Hall–Kier alpha value is -1.40. The molecule has 1 aliphatic carbocycles. The summed E-state index contributed by atoms with van der Waals surface area (Å²) in [7, 11) is 0. The predicted molar refractivity (Wildman–Crippen MR) is 66.6 cm³/mol. The second-order valence-corrected chi connectivity index (χ2v) is 5.29. The van der Waals surface area contributed by atoms with Crippen LogP contribution in [0.5, 0.6) is 0 Å². The summed E-state index contributed by atoms with van der Waals surface area (Å²) in [6, 6.07) is 3.27. The van der Waals surface area contributed by atoms with Gasteiger partial charge in [0.05, 0.1) is 18.6 Å². The Bertz CT molecular complexity index is 457. The molecule has 2 atom stereocenters. The first-order chi connectivity index (χ1) is 8.61. The van der Waals surface area contributed by atoms with Gasteiger partial charge in [-0.2, -0.15) is 0 Å². The standard InChI is InChI=1S/C12H15NO4S/c1-2-17-9-5-8(9)11(14)13-6-7-3-4-10(18-7)12(15)16/h3-4,8-9H,2,5-6H2,1H3,(H,13,14)(H,15,16). The fraction of sp³-hybridized carbons (Fsp3) is 0.500. The molecule has 2 N–H and O–H groups in total. The van der Waals surface area contributed by atoms with Crippen molar-refractivity contribution in [3.8, 4) is 0 Å². The number of aromatic carboxylic acids is 1. The van der Waals surface area contributed by atoms with Crippen molar-refractivity contribution < 1.29 is 19.4 Å². The molecule has 1 heterocycles. The molecule has 1 saturated carbocycles. The third-order valence-electron chi connectivity index (χ3n) is 2.76. The number of amides is 1. The third kappa shape index (κ3) is 3.08. The summed E-state index contributed by atoms with van der Waals surface area (Å²) in [4.78, 5) is 23.5. The van der Waals surface area contributed by atoms with Crippen molar-refractivity contribution in [2.45, 2.75) is 26.0 Å². The van der Waals surface area contributed by atoms with Crippen LogP contribution in [0.25, 0.3) is 0 Å². The van der Waals surface area contributed by atoms with E-state index in [0.717, 1.165) is 11.3 Å². The fourth-order valence-corrected chi connectivity index (χ4v) is 2.53. The second-order valence-electron chi connectivity index (χ2n) is 4.12. The molecule has 98 valence electrons. The Morgan fingerprint density at radius 2 is 2.33 bits per heavy atom. The van der Waals surface area contributed by atoms with E-state index < -0.39 is 5.97 Å². The molecule has 0 radical (unpaired) electrons. The van der Waals surface area contributed by atoms with Crippen LogP contribution in [0.3, 0.4) is 0 Å². The number of rotatable bonds is 6. The average Bonchev–Trinajstić information content (AvgIpc) is 2.93. The van der Waals surface area contributed by atoms with E-state index >= 15 is 0 Å². The topological polar surface area (TPSA) is 75.6 Å². The molecule has 0 spiro atoms. The minimum absolute atomic E-state index is 0.0151. The molecule has 6 heteroatoms. The molecule has 1 aromatic rings. The molecule has 1 fully saturated rings. The number of thiophene rings is 1. The normalized spacial score (nSPS) is 21.6. The lowest BCUT2D eigenvalue weighted by Gasteiger charge is -2.03. The van der Waals surface area contributed by atoms with Gasteiger partial charge in [0.1, 0.15) is 4.88 Å². The van der Waals surface area contributed by atoms with Gasteiger partial charge in [0.15, 0.2) is 0 Å². The van der Waals surface area contributed by atoms with Gasteiger partial charge < -0.3 is 15.2 Å². The van der Waals surface area contributed by atoms with Crippen LogP contribution in [-0.2, 0) is 16.1 Å². The van der Waals surface area contributed by atoms with Gasteiger partial charge in [-0.3, -0.25) is 4.79 Å². The van der Waals surface area contributed by atoms with Gasteiger partial charge in [-0.1, -0.05) is 0 Å². The molecular formula is C12H15NO4S. The van der Waals surface area contributed by atoms with E-state index in [1.165, 1.54) is 11.3 Å². The summed E-state index contributed by atoms with van der Waals surface area (Å²) >= 11 is 1.18. The monoisotopic (exact) mass is 269 g/mol. The number of carboxylic acid groups (broad SMARTS) is 1. The first-order valence-corrected chi connectivity index (χ1v) is 6.64. The Balaban J connectivity index is 1.77. The number of carbonyl (C=O) groups excluding carboxylic acids is 1. The van der Waals surface area contributed by atoms with Crippen molar-refractivity contribution in [1.82, 2.24) is 5.32 Å². The zero-order valence-corrected chi connectivity index (χ0v) is 10.8. The van der Waals surface area contributed by atoms with Crippen LogP contribution in [0.2, 0.25) is 0 Å². The van der Waals surface area contributed by atoms with Crippen LogP contribution in [0.4, 0.5) is 0 Å². The predicted octanol–water partition coefficient (Wildman–Crippen LogP) is 1.49. The number of nitrogens with one attached hydrogen (secondary N) is 1. The van der Waals surface area contributed by atoms with Crippen LogP contribution in [0, 0.1) is 5.92 Å². The lowest BCUT2D eigenvalue weighted by atomic mass is 10.3. The summed E-state index contributed by atoms with van der Waals surface area (Å²) in [6.07, 6.45) is 0.845. The minimum atomic E-state index is -0.934. The molecular weight excluding hydrogens is 254 g/mol. The fourth-order valence-electron chi connectivity index (χ4n) is 1.74. The summed E-state index contributed by atoms with van der Waals surface area (Å²) in [5, 5.41) is 11.6. The molecule has 2 unspecified atom stereocenters. The second kappa shape index (κ2) is 5.49. The molecule has 2 rings (SSSR count). The Labute approximate surface area is 109 Å². The molecule has 1 aromatic heterocycles. The SMILES string of the molecule is CCOC1CC1C(=O)NCc1ccc(C(=O)O)s1. The van der Waals surface area contributed by atoms with Gasteiger partial charge in [-0.05, 0) is 25.5 Å². The molecule has 5 nitrogen and oxygen atoms in total. The summed E-state index contributed by atoms with van der Waals surface area (Å²) in [5.41, 5.74) is 0. The van der Waals surface area contributed by atoms with E-state index in [2.05, 4.69) is 5.32 Å². The van der Waals surface area contributed by atoms with Crippen LogP contribution >= 0.6 is 11.3 Å². The quantitative estimate of drug-likeness (QED) is 0.820. The maximum absolute atomic E-state index is 11.7. The van der Waals surface area contributed by atoms with Crippen molar-refractivity contribution in [2.24, 2.45) is 5.92 Å². The van der Waals surface area contributed by atoms with E-state index in [9.17, 15) is 9.59 Å². The lowest BCUT2D eigenvalue weighted by Crippen LogP contribution is -2.25. The van der Waals surface area contributed by atoms with E-state index in [1.54, 1.807) is 12.1 Å². The Kier molecular flexibility index (Phi) is 3.98. The van der Waals surface area contributed by atoms with Crippen molar-refractivity contribution in [3.63, 3.8) is 0 Å². The van der Waals surface area contributed by atoms with Gasteiger partial charge >= 0.3 is 5.97 Å². The first-order valence-electron chi connectivity index (χ1n) is 5.83. The highest BCUT2D eigenvalue weighted by molar-refractivity contribution is 7.13. The third-order valence-corrected chi connectivity index (χ3v) is 3.83. The Morgan fingerprint density at radius 1 is 1.56 bits per heavy atom. The van der Waals surface area contributed by atoms with Crippen LogP contribution in [-0.4, -0.2) is 29.7 Å². The van der Waals surface area contributed by atoms with E-state index in [1.807, 2.05) is 6.92 Å². The number of hydrogen-bond acceptors (Lipinski definition) is 4. The maximum Gasteiger partial charge on any atom is 0.345 e. The molecule has 0 aromatic carbocycles. The maximum atomic E-state index is 11.7. The molecule has 0 saturated heterocycles. The largest absolute Gasteiger partial charge is 0.477 e. The van der Waals surface area contributed by atoms with Crippen molar-refractivity contribution >= 4 is 23.2 Å². The smallest absolute Gasteiger partial charge is 0.345 e. The van der Waals surface area contributed by atoms with Crippen LogP contribution < -0.4 is 5.32 Å². The highest BCUT2D eigenvalue weighted by Crippen LogP contribution is 2.33. The van der Waals surface area contributed by atoms with Crippen LogP contribution in [0.15, 0.2) is 12.1 Å². The van der Waals surface area contributed by atoms with Gasteiger partial charge in [-0.25, -0.2) is 4.79 Å². The molecule has 0 bridgehead atoms. The van der Waals surface area contributed by atoms with E-state index in [-0.39, 0.29) is 22.8 Å². The van der Waals surface area contributed by atoms with E-state index in [0.29, 0.717) is 13.2 Å². The Morgan fingerprint density at radius 3 is 2.94 bits per heavy atom. The summed E-state index contributed by atoms with van der Waals surface area (Å²) in [5.74, 6) is -0.987.